The molecule has 1 aromatic carbocycles. The summed E-state index contributed by atoms with van der Waals surface area (Å²) in [4.78, 5) is 23.6. The lowest BCUT2D eigenvalue weighted by molar-refractivity contribution is 0.0739. The second kappa shape index (κ2) is 7.01. The number of carbonyl (C=O) groups excluding carboxylic acids is 1. The molecule has 0 aliphatic heterocycles. The van der Waals surface area contributed by atoms with Crippen molar-refractivity contribution in [3.05, 3.63) is 59.6 Å². The minimum atomic E-state index is -0.359. The third-order valence-electron chi connectivity index (χ3n) is 4.16. The van der Waals surface area contributed by atoms with E-state index in [0.29, 0.717) is 35.2 Å². The van der Waals surface area contributed by atoms with Gasteiger partial charge in [0, 0.05) is 43.1 Å². The Bertz CT molecular complexity index is 914. The number of fused-ring (bicyclic) bond motifs is 1. The Morgan fingerprint density at radius 1 is 1.32 bits per heavy atom. The van der Waals surface area contributed by atoms with Crippen LogP contribution in [0, 0.1) is 12.7 Å². The first-order valence-corrected chi connectivity index (χ1v) is 8.32. The molecule has 2 aromatic heterocycles. The van der Waals surface area contributed by atoms with Gasteiger partial charge in [-0.2, -0.15) is 0 Å². The Balaban J connectivity index is 2.02. The minimum Gasteiger partial charge on any atom is -0.337 e. The number of imidazole rings is 1. The molecule has 0 fully saturated rings. The Hall–Kier alpha value is -2.76. The summed E-state index contributed by atoms with van der Waals surface area (Å²) in [6.07, 6.45) is 4.42. The number of rotatable bonds is 5. The largest absolute Gasteiger partial charge is 0.337 e. The molecular weight excluding hydrogens is 319 g/mol. The number of pyridine rings is 1. The van der Waals surface area contributed by atoms with E-state index in [1.807, 2.05) is 31.7 Å². The molecule has 0 N–H and O–H groups in total. The molecule has 25 heavy (non-hydrogen) atoms. The Morgan fingerprint density at radius 3 is 2.80 bits per heavy atom. The molecule has 3 aromatic rings. The van der Waals surface area contributed by atoms with Gasteiger partial charge in [0.25, 0.3) is 5.91 Å². The van der Waals surface area contributed by atoms with Crippen molar-refractivity contribution in [2.75, 3.05) is 6.54 Å². The maximum absolute atomic E-state index is 13.5. The summed E-state index contributed by atoms with van der Waals surface area (Å²) in [5.74, 6) is 0.373. The number of hydrogen-bond acceptors (Lipinski definition) is 3. The van der Waals surface area contributed by atoms with Crippen molar-refractivity contribution in [3.8, 4) is 0 Å². The number of hydrogen-bond donors (Lipinski definition) is 0. The number of carbonyl (C=O) groups is 1. The van der Waals surface area contributed by atoms with Gasteiger partial charge in [0.1, 0.15) is 11.6 Å². The van der Waals surface area contributed by atoms with Crippen LogP contribution < -0.4 is 0 Å². The van der Waals surface area contributed by atoms with Crippen molar-refractivity contribution in [2.24, 2.45) is 7.05 Å². The molecule has 0 radical (unpaired) electrons. The van der Waals surface area contributed by atoms with Crippen molar-refractivity contribution >= 4 is 16.8 Å². The number of nitrogens with zero attached hydrogens (tertiary/aromatic N) is 4. The third-order valence-corrected chi connectivity index (χ3v) is 4.16. The molecule has 5 nitrogen and oxygen atoms in total. The molecule has 0 saturated carbocycles. The van der Waals surface area contributed by atoms with E-state index in [1.165, 1.54) is 12.1 Å². The first-order valence-electron chi connectivity index (χ1n) is 8.32. The molecule has 0 aliphatic carbocycles. The van der Waals surface area contributed by atoms with Crippen LogP contribution in [-0.2, 0) is 13.6 Å². The average molecular weight is 340 g/mol. The quantitative estimate of drug-likeness (QED) is 0.715. The number of aryl methyl sites for hydroxylation is 2. The molecule has 0 aliphatic rings. The van der Waals surface area contributed by atoms with E-state index in [2.05, 4.69) is 9.97 Å². The fourth-order valence-corrected chi connectivity index (χ4v) is 2.92. The zero-order chi connectivity index (χ0) is 18.0. The van der Waals surface area contributed by atoms with Gasteiger partial charge in [-0.05, 0) is 31.5 Å². The molecular formula is C19H21FN4O. The van der Waals surface area contributed by atoms with Crippen LogP contribution in [0.5, 0.6) is 0 Å². The molecule has 0 spiro atoms. The monoisotopic (exact) mass is 340 g/mol. The van der Waals surface area contributed by atoms with Gasteiger partial charge >= 0.3 is 0 Å². The van der Waals surface area contributed by atoms with Gasteiger partial charge in [-0.15, -0.1) is 0 Å². The molecule has 0 unspecified atom stereocenters. The number of amides is 1. The molecule has 0 bridgehead atoms. The lowest BCUT2D eigenvalue weighted by Gasteiger charge is -2.23. The van der Waals surface area contributed by atoms with Crippen LogP contribution in [0.15, 0.2) is 36.7 Å². The highest BCUT2D eigenvalue weighted by Crippen LogP contribution is 2.22. The van der Waals surface area contributed by atoms with Crippen LogP contribution in [0.2, 0.25) is 0 Å². The fourth-order valence-electron chi connectivity index (χ4n) is 2.92. The SMILES string of the molecule is CCCN(Cc1nccn1C)C(=O)c1cc(C)nc2cc(F)ccc12. The van der Waals surface area contributed by atoms with Crippen molar-refractivity contribution in [1.29, 1.82) is 0 Å². The summed E-state index contributed by atoms with van der Waals surface area (Å²) < 4.78 is 15.4. The molecule has 0 saturated heterocycles. The smallest absolute Gasteiger partial charge is 0.255 e. The molecule has 2 heterocycles. The van der Waals surface area contributed by atoms with Gasteiger partial charge in [0.2, 0.25) is 0 Å². The second-order valence-corrected chi connectivity index (χ2v) is 6.15. The van der Waals surface area contributed by atoms with Gasteiger partial charge in [0.05, 0.1) is 17.6 Å². The molecule has 6 heteroatoms. The number of halogens is 1. The molecule has 3 rings (SSSR count). The van der Waals surface area contributed by atoms with E-state index in [0.717, 1.165) is 12.2 Å². The van der Waals surface area contributed by atoms with E-state index in [1.54, 1.807) is 23.2 Å². The van der Waals surface area contributed by atoms with Crippen LogP contribution in [-0.4, -0.2) is 31.9 Å². The van der Waals surface area contributed by atoms with Crippen LogP contribution in [0.3, 0.4) is 0 Å². The van der Waals surface area contributed by atoms with E-state index in [9.17, 15) is 9.18 Å². The topological polar surface area (TPSA) is 51.0 Å². The van der Waals surface area contributed by atoms with Crippen LogP contribution in [0.25, 0.3) is 10.9 Å². The van der Waals surface area contributed by atoms with Gasteiger partial charge in [0.15, 0.2) is 0 Å². The van der Waals surface area contributed by atoms with Gasteiger partial charge in [-0.25, -0.2) is 9.37 Å². The van der Waals surface area contributed by atoms with Gasteiger partial charge in [-0.1, -0.05) is 6.92 Å². The molecule has 130 valence electrons. The summed E-state index contributed by atoms with van der Waals surface area (Å²) in [5, 5.41) is 0.665. The summed E-state index contributed by atoms with van der Waals surface area (Å²) in [6.45, 7) is 4.89. The Morgan fingerprint density at radius 2 is 2.12 bits per heavy atom. The van der Waals surface area contributed by atoms with Crippen LogP contribution in [0.4, 0.5) is 4.39 Å². The van der Waals surface area contributed by atoms with Crippen LogP contribution in [0.1, 0.15) is 35.2 Å². The normalized spacial score (nSPS) is 11.0. The van der Waals surface area contributed by atoms with Crippen molar-refractivity contribution in [1.82, 2.24) is 19.4 Å². The first-order chi connectivity index (χ1) is 12.0. The maximum Gasteiger partial charge on any atom is 0.255 e. The molecule has 1 amide bonds. The predicted molar refractivity (Wildman–Crippen MR) is 94.7 cm³/mol. The lowest BCUT2D eigenvalue weighted by Crippen LogP contribution is -2.32. The standard InChI is InChI=1S/C19H21FN4O/c1-4-8-24(12-18-21-7-9-23(18)3)19(25)16-10-13(2)22-17-11-14(20)5-6-15(16)17/h5-7,9-11H,4,8,12H2,1-3H3. The number of aromatic nitrogens is 3. The summed E-state index contributed by atoms with van der Waals surface area (Å²) in [5.41, 5.74) is 1.73. The van der Waals surface area contributed by atoms with Crippen molar-refractivity contribution < 1.29 is 9.18 Å². The predicted octanol–water partition coefficient (Wildman–Crippen LogP) is 3.47. The zero-order valence-electron chi connectivity index (χ0n) is 14.7. The average Bonchev–Trinajstić information content (AvgIpc) is 2.97. The summed E-state index contributed by atoms with van der Waals surface area (Å²) in [7, 11) is 1.91. The summed E-state index contributed by atoms with van der Waals surface area (Å²) >= 11 is 0. The fraction of sp³-hybridized carbons (Fsp3) is 0.316. The maximum atomic E-state index is 13.5. The Kier molecular flexibility index (Phi) is 4.79. The summed E-state index contributed by atoms with van der Waals surface area (Å²) in [6, 6.07) is 6.11. The highest BCUT2D eigenvalue weighted by Gasteiger charge is 2.20. The third kappa shape index (κ3) is 3.52. The lowest BCUT2D eigenvalue weighted by atomic mass is 10.1. The molecule has 0 atom stereocenters. The Labute approximate surface area is 146 Å². The first kappa shape index (κ1) is 17.1. The van der Waals surface area contributed by atoms with Crippen molar-refractivity contribution in [3.63, 3.8) is 0 Å². The van der Waals surface area contributed by atoms with E-state index in [-0.39, 0.29) is 11.7 Å². The zero-order valence-corrected chi connectivity index (χ0v) is 14.7. The van der Waals surface area contributed by atoms with E-state index >= 15 is 0 Å². The number of benzene rings is 1. The second-order valence-electron chi connectivity index (χ2n) is 6.15. The minimum absolute atomic E-state index is 0.0908. The van der Waals surface area contributed by atoms with Crippen molar-refractivity contribution in [2.45, 2.75) is 26.8 Å². The van der Waals surface area contributed by atoms with E-state index in [4.69, 9.17) is 0 Å². The highest BCUT2D eigenvalue weighted by atomic mass is 19.1. The van der Waals surface area contributed by atoms with Crippen LogP contribution >= 0.6 is 0 Å². The van der Waals surface area contributed by atoms with E-state index < -0.39 is 0 Å². The van der Waals surface area contributed by atoms with Gasteiger partial charge < -0.3 is 9.47 Å². The highest BCUT2D eigenvalue weighted by molar-refractivity contribution is 6.06. The van der Waals surface area contributed by atoms with Gasteiger partial charge in [-0.3, -0.25) is 9.78 Å².